The molecule has 0 saturated heterocycles. The zero-order valence-electron chi connectivity index (χ0n) is 4.16. The van der Waals surface area contributed by atoms with E-state index >= 15 is 0 Å². The van der Waals surface area contributed by atoms with E-state index in [0.29, 0.717) is 0 Å². The zero-order valence-corrected chi connectivity index (χ0v) is 7.51. The third-order valence-electron chi connectivity index (χ3n) is 0.656. The summed E-state index contributed by atoms with van der Waals surface area (Å²) in [7, 11) is 0. The minimum absolute atomic E-state index is 0.902. The summed E-state index contributed by atoms with van der Waals surface area (Å²) in [6.07, 6.45) is 0. The van der Waals surface area contributed by atoms with Crippen LogP contribution in [0.4, 0.5) is 0 Å². The van der Waals surface area contributed by atoms with E-state index in [1.165, 1.54) is 9.32 Å². The van der Waals surface area contributed by atoms with Gasteiger partial charge in [-0.3, -0.25) is 0 Å². The van der Waals surface area contributed by atoms with Gasteiger partial charge in [-0.05, 0) is 5.41 Å². The van der Waals surface area contributed by atoms with Crippen molar-refractivity contribution in [1.29, 1.82) is 0 Å². The minimum Gasteiger partial charge on any atom is -0.168 e. The Morgan fingerprint density at radius 2 is 2.75 bits per heavy atom. The molecule has 0 fully saturated rings. The standard InChI is InChI=1S/C4H6S4/c5-2-7-4-1-6-3-8-4/h1,5H,2-3H2. The Hall–Kier alpha value is 1.14. The van der Waals surface area contributed by atoms with Crippen molar-refractivity contribution < 1.29 is 0 Å². The van der Waals surface area contributed by atoms with Gasteiger partial charge >= 0.3 is 0 Å². The third kappa shape index (κ3) is 2.17. The summed E-state index contributed by atoms with van der Waals surface area (Å²) in [5, 5.41) is 4.29. The highest BCUT2D eigenvalue weighted by Crippen LogP contribution is 2.39. The van der Waals surface area contributed by atoms with Crippen LogP contribution in [-0.4, -0.2) is 10.2 Å². The molecule has 0 saturated carbocycles. The molecule has 46 valence electrons. The van der Waals surface area contributed by atoms with Gasteiger partial charge in [-0.25, -0.2) is 0 Å². The fraction of sp³-hybridized carbons (Fsp3) is 0.500. The molecule has 0 aromatic heterocycles. The van der Waals surface area contributed by atoms with Crippen molar-refractivity contribution in [3.8, 4) is 0 Å². The Morgan fingerprint density at radius 1 is 1.88 bits per heavy atom. The van der Waals surface area contributed by atoms with E-state index in [1.54, 1.807) is 11.8 Å². The molecule has 0 nitrogen and oxygen atoms in total. The van der Waals surface area contributed by atoms with Crippen LogP contribution in [0, 0.1) is 0 Å². The molecular weight excluding hydrogens is 176 g/mol. The summed E-state index contributed by atoms with van der Waals surface area (Å²) in [6.45, 7) is 0. The quantitative estimate of drug-likeness (QED) is 0.515. The molecule has 0 spiro atoms. The summed E-state index contributed by atoms with van der Waals surface area (Å²) >= 11 is 9.67. The molecule has 1 aliphatic rings. The number of thioether (sulfide) groups is 3. The largest absolute Gasteiger partial charge is 0.168 e. The SMILES string of the molecule is SCSC1=CSCS1. The maximum Gasteiger partial charge on any atom is 0.0486 e. The van der Waals surface area contributed by atoms with E-state index < -0.39 is 0 Å². The first-order valence-electron chi connectivity index (χ1n) is 2.11. The van der Waals surface area contributed by atoms with Crippen molar-refractivity contribution in [3.63, 3.8) is 0 Å². The van der Waals surface area contributed by atoms with Gasteiger partial charge in [0.15, 0.2) is 0 Å². The van der Waals surface area contributed by atoms with Crippen molar-refractivity contribution >= 4 is 47.9 Å². The first-order chi connectivity index (χ1) is 3.93. The second-order valence-electron chi connectivity index (χ2n) is 1.14. The van der Waals surface area contributed by atoms with Crippen molar-refractivity contribution in [3.05, 3.63) is 9.65 Å². The van der Waals surface area contributed by atoms with Gasteiger partial charge < -0.3 is 0 Å². The Labute approximate surface area is 67.7 Å². The Morgan fingerprint density at radius 3 is 3.25 bits per heavy atom. The minimum atomic E-state index is 0.902. The van der Waals surface area contributed by atoms with Crippen molar-refractivity contribution in [2.24, 2.45) is 0 Å². The van der Waals surface area contributed by atoms with Crippen molar-refractivity contribution in [2.75, 3.05) is 10.2 Å². The summed E-state index contributed by atoms with van der Waals surface area (Å²) in [5.41, 5.74) is 0. The smallest absolute Gasteiger partial charge is 0.0486 e. The second kappa shape index (κ2) is 4.04. The molecule has 0 radical (unpaired) electrons. The van der Waals surface area contributed by atoms with Crippen LogP contribution in [0.1, 0.15) is 0 Å². The second-order valence-corrected chi connectivity index (χ2v) is 5.40. The first-order valence-corrected chi connectivity index (χ1v) is 5.77. The van der Waals surface area contributed by atoms with Crippen LogP contribution in [-0.2, 0) is 0 Å². The topological polar surface area (TPSA) is 0 Å². The molecule has 4 heteroatoms. The van der Waals surface area contributed by atoms with Gasteiger partial charge in [0.2, 0.25) is 0 Å². The molecule has 0 aromatic carbocycles. The van der Waals surface area contributed by atoms with Gasteiger partial charge in [-0.2, -0.15) is 12.6 Å². The Bertz CT molecular complexity index is 98.2. The van der Waals surface area contributed by atoms with Crippen LogP contribution in [0.5, 0.6) is 0 Å². The molecule has 0 N–H and O–H groups in total. The molecule has 0 amide bonds. The van der Waals surface area contributed by atoms with Crippen LogP contribution in [0.15, 0.2) is 9.65 Å². The van der Waals surface area contributed by atoms with Gasteiger partial charge in [-0.15, -0.1) is 35.3 Å². The molecule has 1 rings (SSSR count). The molecule has 1 aliphatic heterocycles. The maximum absolute atomic E-state index is 4.10. The van der Waals surface area contributed by atoms with Crippen molar-refractivity contribution in [1.82, 2.24) is 0 Å². The molecule has 0 aliphatic carbocycles. The Kier molecular flexibility index (Phi) is 3.66. The number of thiol groups is 1. The lowest BCUT2D eigenvalue weighted by molar-refractivity contribution is 2.27. The van der Waals surface area contributed by atoms with Crippen LogP contribution in [0.25, 0.3) is 0 Å². The van der Waals surface area contributed by atoms with Crippen LogP contribution in [0.3, 0.4) is 0 Å². The van der Waals surface area contributed by atoms with Crippen LogP contribution < -0.4 is 0 Å². The van der Waals surface area contributed by atoms with Crippen molar-refractivity contribution in [2.45, 2.75) is 0 Å². The molecule has 0 unspecified atom stereocenters. The highest BCUT2D eigenvalue weighted by Gasteiger charge is 2.03. The van der Waals surface area contributed by atoms with E-state index in [2.05, 4.69) is 18.0 Å². The molecule has 8 heavy (non-hydrogen) atoms. The average Bonchev–Trinajstić information content (AvgIpc) is 2.19. The Balaban J connectivity index is 2.23. The number of hydrogen-bond acceptors (Lipinski definition) is 4. The van der Waals surface area contributed by atoms with Crippen LogP contribution >= 0.6 is 47.9 Å². The first kappa shape index (κ1) is 7.25. The zero-order chi connectivity index (χ0) is 5.82. The number of rotatable bonds is 2. The summed E-state index contributed by atoms with van der Waals surface area (Å²) in [4.78, 5) is 0. The highest BCUT2D eigenvalue weighted by molar-refractivity contribution is 8.32. The summed E-state index contributed by atoms with van der Waals surface area (Å²) in [5.74, 6) is 0. The van der Waals surface area contributed by atoms with E-state index in [-0.39, 0.29) is 0 Å². The van der Waals surface area contributed by atoms with Gasteiger partial charge in [0.05, 0.1) is 0 Å². The lowest BCUT2D eigenvalue weighted by Crippen LogP contribution is -1.61. The summed E-state index contributed by atoms with van der Waals surface area (Å²) < 4.78 is 1.42. The van der Waals surface area contributed by atoms with Gasteiger partial charge in [0.1, 0.15) is 0 Å². The molecule has 0 bridgehead atoms. The normalized spacial score (nSPS) is 18.9. The predicted octanol–water partition coefficient (Wildman–Crippen LogP) is 2.84. The van der Waals surface area contributed by atoms with E-state index in [1.807, 2.05) is 23.5 Å². The third-order valence-corrected chi connectivity index (χ3v) is 4.40. The fourth-order valence-electron chi connectivity index (χ4n) is 0.367. The monoisotopic (exact) mass is 182 g/mol. The lowest BCUT2D eigenvalue weighted by Gasteiger charge is -1.91. The predicted molar refractivity (Wildman–Crippen MR) is 49.6 cm³/mol. The average molecular weight is 182 g/mol. The van der Waals surface area contributed by atoms with Gasteiger partial charge in [-0.1, -0.05) is 0 Å². The van der Waals surface area contributed by atoms with Gasteiger partial charge in [0, 0.05) is 14.4 Å². The van der Waals surface area contributed by atoms with Crippen LogP contribution in [0.2, 0.25) is 0 Å². The van der Waals surface area contributed by atoms with Gasteiger partial charge in [0.25, 0.3) is 0 Å². The summed E-state index contributed by atoms with van der Waals surface area (Å²) in [6, 6.07) is 0. The molecule has 1 heterocycles. The van der Waals surface area contributed by atoms with E-state index in [4.69, 9.17) is 0 Å². The van der Waals surface area contributed by atoms with E-state index in [0.717, 1.165) is 5.08 Å². The molecule has 0 atom stereocenters. The molecule has 0 aromatic rings. The van der Waals surface area contributed by atoms with E-state index in [9.17, 15) is 0 Å². The lowest BCUT2D eigenvalue weighted by atomic mass is 11.2. The fourth-order valence-corrected chi connectivity index (χ4v) is 4.21. The number of hydrogen-bond donors (Lipinski definition) is 1. The highest BCUT2D eigenvalue weighted by atomic mass is 32.2. The molecular formula is C4H6S4. The maximum atomic E-state index is 4.10.